The molecule has 0 saturated heterocycles. The summed E-state index contributed by atoms with van der Waals surface area (Å²) >= 11 is 1.47. The summed E-state index contributed by atoms with van der Waals surface area (Å²) in [5, 5.41) is 2.93. The molecular formula is C17H20N4OS. The number of hydrogen-bond donors (Lipinski definition) is 1. The predicted molar refractivity (Wildman–Crippen MR) is 95.9 cm³/mol. The van der Waals surface area contributed by atoms with Crippen LogP contribution in [0.4, 0.5) is 5.95 Å². The predicted octanol–water partition coefficient (Wildman–Crippen LogP) is 3.29. The fraction of sp³-hybridized carbons (Fsp3) is 0.294. The number of nitrogens with one attached hydrogen (secondary N) is 1. The van der Waals surface area contributed by atoms with Crippen molar-refractivity contribution in [2.24, 2.45) is 0 Å². The van der Waals surface area contributed by atoms with E-state index in [9.17, 15) is 4.79 Å². The van der Waals surface area contributed by atoms with Gasteiger partial charge in [-0.2, -0.15) is 0 Å². The number of para-hydroxylation sites is 1. The van der Waals surface area contributed by atoms with Crippen LogP contribution >= 0.6 is 11.3 Å². The van der Waals surface area contributed by atoms with Gasteiger partial charge >= 0.3 is 0 Å². The van der Waals surface area contributed by atoms with Crippen LogP contribution in [0.2, 0.25) is 0 Å². The summed E-state index contributed by atoms with van der Waals surface area (Å²) in [7, 11) is 3.94. The van der Waals surface area contributed by atoms with Gasteiger partial charge in [0.2, 0.25) is 5.95 Å². The fourth-order valence-corrected chi connectivity index (χ4v) is 3.43. The second kappa shape index (κ2) is 6.04. The highest BCUT2D eigenvalue weighted by Gasteiger charge is 2.19. The van der Waals surface area contributed by atoms with Crippen molar-refractivity contribution in [1.82, 2.24) is 14.9 Å². The van der Waals surface area contributed by atoms with Crippen LogP contribution in [0.1, 0.15) is 23.5 Å². The Morgan fingerprint density at radius 1 is 1.26 bits per heavy atom. The zero-order valence-corrected chi connectivity index (χ0v) is 14.5. The van der Waals surface area contributed by atoms with Crippen LogP contribution < -0.4 is 10.2 Å². The first-order valence-electron chi connectivity index (χ1n) is 7.53. The average molecular weight is 328 g/mol. The Hall–Kier alpha value is -2.34. The summed E-state index contributed by atoms with van der Waals surface area (Å²) in [4.78, 5) is 20.6. The van der Waals surface area contributed by atoms with E-state index in [1.807, 2.05) is 69.2 Å². The Morgan fingerprint density at radius 2 is 1.96 bits per heavy atom. The van der Waals surface area contributed by atoms with Gasteiger partial charge in [0.05, 0.1) is 4.88 Å². The van der Waals surface area contributed by atoms with Crippen LogP contribution in [0, 0.1) is 0 Å². The second-order valence-corrected chi connectivity index (χ2v) is 6.94. The molecule has 5 nitrogen and oxygen atoms in total. The zero-order valence-electron chi connectivity index (χ0n) is 13.7. The number of imidazole rings is 1. The number of carbonyl (C=O) groups is 1. The normalized spacial score (nSPS) is 11.2. The number of anilines is 1. The number of fused-ring (bicyclic) bond motifs is 1. The van der Waals surface area contributed by atoms with E-state index in [0.29, 0.717) is 4.88 Å². The number of hydrogen-bond acceptors (Lipinski definition) is 4. The lowest BCUT2D eigenvalue weighted by Gasteiger charge is -2.14. The van der Waals surface area contributed by atoms with Gasteiger partial charge in [-0.25, -0.2) is 4.98 Å². The van der Waals surface area contributed by atoms with Gasteiger partial charge in [0.15, 0.2) is 0 Å². The molecule has 120 valence electrons. The molecule has 1 aromatic carbocycles. The third-order valence-electron chi connectivity index (χ3n) is 3.38. The summed E-state index contributed by atoms with van der Waals surface area (Å²) in [5.41, 5.74) is 1.88. The fourth-order valence-electron chi connectivity index (χ4n) is 2.42. The van der Waals surface area contributed by atoms with Crippen molar-refractivity contribution in [2.75, 3.05) is 19.0 Å². The number of amides is 1. The molecule has 6 heteroatoms. The SMILES string of the molecule is CC(C)NC(=O)c1cc2nc(N(C)C)n(-c3ccccc3)c2s1. The van der Waals surface area contributed by atoms with Crippen LogP contribution in [-0.2, 0) is 0 Å². The minimum atomic E-state index is -0.0472. The van der Waals surface area contributed by atoms with E-state index in [1.54, 1.807) is 0 Å². The van der Waals surface area contributed by atoms with Crippen molar-refractivity contribution in [3.63, 3.8) is 0 Å². The highest BCUT2D eigenvalue weighted by atomic mass is 32.1. The molecule has 0 spiro atoms. The van der Waals surface area contributed by atoms with Crippen LogP contribution in [0.3, 0.4) is 0 Å². The third-order valence-corrected chi connectivity index (χ3v) is 4.48. The van der Waals surface area contributed by atoms with Gasteiger partial charge in [-0.05, 0) is 32.0 Å². The molecule has 1 N–H and O–H groups in total. The molecule has 3 aromatic rings. The van der Waals surface area contributed by atoms with E-state index in [-0.39, 0.29) is 11.9 Å². The Morgan fingerprint density at radius 3 is 2.57 bits per heavy atom. The van der Waals surface area contributed by atoms with Crippen molar-refractivity contribution in [1.29, 1.82) is 0 Å². The van der Waals surface area contributed by atoms with Gasteiger partial charge in [-0.15, -0.1) is 11.3 Å². The summed E-state index contributed by atoms with van der Waals surface area (Å²) in [6.45, 7) is 3.91. The quantitative estimate of drug-likeness (QED) is 0.799. The molecule has 0 radical (unpaired) electrons. The number of carbonyl (C=O) groups excluding carboxylic acids is 1. The van der Waals surface area contributed by atoms with Gasteiger partial charge < -0.3 is 10.2 Å². The van der Waals surface area contributed by atoms with E-state index in [2.05, 4.69) is 9.88 Å². The monoisotopic (exact) mass is 328 g/mol. The van der Waals surface area contributed by atoms with Gasteiger partial charge in [0.25, 0.3) is 5.91 Å². The van der Waals surface area contributed by atoms with Crippen LogP contribution in [0.5, 0.6) is 0 Å². The van der Waals surface area contributed by atoms with E-state index < -0.39 is 0 Å². The average Bonchev–Trinajstić information content (AvgIpc) is 3.04. The third kappa shape index (κ3) is 2.94. The Bertz CT molecular complexity index is 833. The minimum absolute atomic E-state index is 0.0472. The Balaban J connectivity index is 2.14. The lowest BCUT2D eigenvalue weighted by Crippen LogP contribution is -2.29. The van der Waals surface area contributed by atoms with Crippen molar-refractivity contribution in [3.05, 3.63) is 41.3 Å². The van der Waals surface area contributed by atoms with Gasteiger partial charge in [0, 0.05) is 25.8 Å². The molecule has 1 amide bonds. The zero-order chi connectivity index (χ0) is 16.6. The summed E-state index contributed by atoms with van der Waals surface area (Å²) in [6.07, 6.45) is 0. The molecular weight excluding hydrogens is 308 g/mol. The smallest absolute Gasteiger partial charge is 0.261 e. The van der Waals surface area contributed by atoms with Gasteiger partial charge in [-0.3, -0.25) is 9.36 Å². The number of benzene rings is 1. The first-order valence-corrected chi connectivity index (χ1v) is 8.35. The number of aromatic nitrogens is 2. The molecule has 0 aliphatic carbocycles. The van der Waals surface area contributed by atoms with Crippen molar-refractivity contribution < 1.29 is 4.79 Å². The minimum Gasteiger partial charge on any atom is -0.349 e. The highest BCUT2D eigenvalue weighted by molar-refractivity contribution is 7.20. The van der Waals surface area contributed by atoms with Crippen LogP contribution in [0.25, 0.3) is 16.0 Å². The molecule has 3 rings (SSSR count). The summed E-state index contributed by atoms with van der Waals surface area (Å²) in [5.74, 6) is 0.808. The number of thiophene rings is 1. The maximum absolute atomic E-state index is 12.2. The lowest BCUT2D eigenvalue weighted by molar-refractivity contribution is 0.0947. The standard InChI is InChI=1S/C17H20N4OS/c1-11(2)18-15(22)14-10-13-16(23-14)21(17(19-13)20(3)4)12-8-6-5-7-9-12/h5-11H,1-4H3,(H,18,22). The Kier molecular flexibility index (Phi) is 4.09. The van der Waals surface area contributed by atoms with Crippen LogP contribution in [0.15, 0.2) is 36.4 Å². The van der Waals surface area contributed by atoms with E-state index >= 15 is 0 Å². The summed E-state index contributed by atoms with van der Waals surface area (Å²) in [6, 6.07) is 12.1. The maximum Gasteiger partial charge on any atom is 0.261 e. The van der Waals surface area contributed by atoms with E-state index in [1.165, 1.54) is 11.3 Å². The molecule has 0 bridgehead atoms. The second-order valence-electron chi connectivity index (χ2n) is 5.91. The van der Waals surface area contributed by atoms with E-state index in [0.717, 1.165) is 22.0 Å². The molecule has 2 heterocycles. The molecule has 0 fully saturated rings. The largest absolute Gasteiger partial charge is 0.349 e. The van der Waals surface area contributed by atoms with Crippen molar-refractivity contribution in [2.45, 2.75) is 19.9 Å². The molecule has 0 aliphatic heterocycles. The number of nitrogens with zero attached hydrogens (tertiary/aromatic N) is 3. The molecule has 0 saturated carbocycles. The first-order chi connectivity index (χ1) is 11.0. The molecule has 0 aliphatic rings. The Labute approximate surface area is 139 Å². The number of rotatable bonds is 4. The van der Waals surface area contributed by atoms with Crippen LogP contribution in [-0.4, -0.2) is 35.6 Å². The highest BCUT2D eigenvalue weighted by Crippen LogP contribution is 2.32. The molecule has 0 unspecified atom stereocenters. The maximum atomic E-state index is 12.2. The van der Waals surface area contributed by atoms with Crippen molar-refractivity contribution in [3.8, 4) is 5.69 Å². The molecule has 2 aromatic heterocycles. The van der Waals surface area contributed by atoms with Gasteiger partial charge in [0.1, 0.15) is 10.3 Å². The first kappa shape index (κ1) is 15.6. The molecule has 0 atom stereocenters. The lowest BCUT2D eigenvalue weighted by atomic mass is 10.3. The van der Waals surface area contributed by atoms with Gasteiger partial charge in [-0.1, -0.05) is 18.2 Å². The molecule has 23 heavy (non-hydrogen) atoms. The summed E-state index contributed by atoms with van der Waals surface area (Å²) < 4.78 is 2.09. The topological polar surface area (TPSA) is 50.2 Å². The van der Waals surface area contributed by atoms with Crippen molar-refractivity contribution >= 4 is 33.5 Å². The van der Waals surface area contributed by atoms with E-state index in [4.69, 9.17) is 4.98 Å².